The average molecular weight is 516 g/mol. The molecule has 0 bridgehead atoms. The standard InChI is InChI=1S/C26H35F2N7O2/c1-5-34(13-14-37-4)24(36)17-9-11-18(12-10-17)35-23-21(15-29-25(33-23)30-16(2)3)31-26(35)32-22-19(27)7-6-8-20(22)28/h6-8,15-18H,5,9-14H2,1-4H3,(H,31,32)(H,29,30,33)/t17-,18+. The third kappa shape index (κ3) is 5.98. The molecule has 9 nitrogen and oxygen atoms in total. The first-order valence-electron chi connectivity index (χ1n) is 12.8. The lowest BCUT2D eigenvalue weighted by Crippen LogP contribution is -2.39. The number of fused-ring (bicyclic) bond motifs is 1. The van der Waals surface area contributed by atoms with Gasteiger partial charge in [-0.05, 0) is 58.6 Å². The van der Waals surface area contributed by atoms with E-state index < -0.39 is 11.6 Å². The largest absolute Gasteiger partial charge is 0.383 e. The summed E-state index contributed by atoms with van der Waals surface area (Å²) in [7, 11) is 1.63. The van der Waals surface area contributed by atoms with Crippen LogP contribution in [0.2, 0.25) is 0 Å². The van der Waals surface area contributed by atoms with Crippen molar-refractivity contribution in [2.45, 2.75) is 58.5 Å². The lowest BCUT2D eigenvalue weighted by Gasteiger charge is -2.33. The lowest BCUT2D eigenvalue weighted by molar-refractivity contribution is -0.137. The van der Waals surface area contributed by atoms with Crippen LogP contribution in [0.3, 0.4) is 0 Å². The highest BCUT2D eigenvalue weighted by Gasteiger charge is 2.32. The van der Waals surface area contributed by atoms with Crippen LogP contribution < -0.4 is 10.6 Å². The van der Waals surface area contributed by atoms with Gasteiger partial charge in [-0.1, -0.05) is 6.07 Å². The maximum atomic E-state index is 14.5. The van der Waals surface area contributed by atoms with Crippen LogP contribution in [-0.4, -0.2) is 63.2 Å². The van der Waals surface area contributed by atoms with Crippen LogP contribution in [0.25, 0.3) is 11.2 Å². The number of nitrogens with one attached hydrogen (secondary N) is 2. The van der Waals surface area contributed by atoms with Crippen molar-refractivity contribution >= 4 is 34.7 Å². The van der Waals surface area contributed by atoms with Crippen LogP contribution in [-0.2, 0) is 9.53 Å². The summed E-state index contributed by atoms with van der Waals surface area (Å²) in [6.07, 6.45) is 4.41. The molecule has 0 aliphatic heterocycles. The molecule has 1 amide bonds. The number of anilines is 3. The quantitative estimate of drug-likeness (QED) is 0.397. The molecule has 200 valence electrons. The Morgan fingerprint density at radius 1 is 1.19 bits per heavy atom. The first-order valence-corrected chi connectivity index (χ1v) is 12.8. The predicted octanol–water partition coefficient (Wildman–Crippen LogP) is 4.89. The number of carbonyl (C=O) groups excluding carboxylic acids is 1. The normalized spacial score (nSPS) is 17.8. The number of rotatable bonds is 10. The summed E-state index contributed by atoms with van der Waals surface area (Å²) in [6, 6.07) is 3.78. The van der Waals surface area contributed by atoms with Crippen molar-refractivity contribution in [3.8, 4) is 0 Å². The van der Waals surface area contributed by atoms with Gasteiger partial charge in [0.25, 0.3) is 0 Å². The highest BCUT2D eigenvalue weighted by Crippen LogP contribution is 2.38. The maximum absolute atomic E-state index is 14.5. The third-order valence-corrected chi connectivity index (χ3v) is 6.72. The first kappa shape index (κ1) is 26.7. The topological polar surface area (TPSA) is 97.2 Å². The SMILES string of the molecule is CCN(CCOC)C(=O)[C@H]1CC[C@@H](n2c(Nc3c(F)cccc3F)nc3cnc(NC(C)C)nc32)CC1. The fourth-order valence-electron chi connectivity index (χ4n) is 4.85. The summed E-state index contributed by atoms with van der Waals surface area (Å²) in [5.74, 6) is -0.608. The second-order valence-electron chi connectivity index (χ2n) is 9.64. The Hall–Kier alpha value is -3.34. The molecular weight excluding hydrogens is 480 g/mol. The van der Waals surface area contributed by atoms with Gasteiger partial charge >= 0.3 is 0 Å². The van der Waals surface area contributed by atoms with Crippen molar-refractivity contribution in [2.75, 3.05) is 37.4 Å². The molecular formula is C26H35F2N7O2. The molecule has 1 aliphatic rings. The Bertz CT molecular complexity index is 1200. The zero-order valence-corrected chi connectivity index (χ0v) is 21.8. The van der Waals surface area contributed by atoms with E-state index >= 15 is 0 Å². The second kappa shape index (κ2) is 11.8. The van der Waals surface area contributed by atoms with Crippen LogP contribution in [0.5, 0.6) is 0 Å². The van der Waals surface area contributed by atoms with E-state index in [0.717, 1.165) is 0 Å². The molecule has 3 aromatic rings. The number of benzene rings is 1. The van der Waals surface area contributed by atoms with Crippen molar-refractivity contribution < 1.29 is 18.3 Å². The van der Waals surface area contributed by atoms with Gasteiger partial charge in [-0.3, -0.25) is 9.36 Å². The number of nitrogens with zero attached hydrogens (tertiary/aromatic N) is 5. The number of likely N-dealkylation sites (N-methyl/N-ethyl adjacent to an activating group) is 1. The number of carbonyl (C=O) groups is 1. The highest BCUT2D eigenvalue weighted by atomic mass is 19.1. The second-order valence-corrected chi connectivity index (χ2v) is 9.64. The monoisotopic (exact) mass is 515 g/mol. The lowest BCUT2D eigenvalue weighted by atomic mass is 9.85. The van der Waals surface area contributed by atoms with Gasteiger partial charge in [0, 0.05) is 38.2 Å². The molecule has 11 heteroatoms. The van der Waals surface area contributed by atoms with E-state index in [1.165, 1.54) is 18.2 Å². The summed E-state index contributed by atoms with van der Waals surface area (Å²) in [4.78, 5) is 28.6. The average Bonchev–Trinajstić information content (AvgIpc) is 3.23. The van der Waals surface area contributed by atoms with Gasteiger partial charge in [-0.25, -0.2) is 18.7 Å². The van der Waals surface area contributed by atoms with E-state index in [1.54, 1.807) is 13.3 Å². The van der Waals surface area contributed by atoms with Gasteiger partial charge < -0.3 is 20.3 Å². The molecule has 2 heterocycles. The Labute approximate surface area is 215 Å². The van der Waals surface area contributed by atoms with E-state index in [4.69, 9.17) is 4.74 Å². The van der Waals surface area contributed by atoms with E-state index in [-0.39, 0.29) is 29.6 Å². The number of methoxy groups -OCH3 is 1. The molecule has 2 N–H and O–H groups in total. The molecule has 0 unspecified atom stereocenters. The first-order chi connectivity index (χ1) is 17.8. The molecule has 1 saturated carbocycles. The Morgan fingerprint density at radius 2 is 1.89 bits per heavy atom. The minimum Gasteiger partial charge on any atom is -0.383 e. The number of aromatic nitrogens is 4. The predicted molar refractivity (Wildman–Crippen MR) is 139 cm³/mol. The molecule has 0 saturated heterocycles. The fraction of sp³-hybridized carbons (Fsp3) is 0.538. The summed E-state index contributed by atoms with van der Waals surface area (Å²) in [5, 5.41) is 6.06. The number of halogens is 2. The van der Waals surface area contributed by atoms with Crippen molar-refractivity contribution in [3.05, 3.63) is 36.0 Å². The Balaban J connectivity index is 1.64. The van der Waals surface area contributed by atoms with Crippen LogP contribution in [0.15, 0.2) is 24.4 Å². The molecule has 1 fully saturated rings. The maximum Gasteiger partial charge on any atom is 0.225 e. The van der Waals surface area contributed by atoms with Crippen molar-refractivity contribution in [1.29, 1.82) is 0 Å². The summed E-state index contributed by atoms with van der Waals surface area (Å²) >= 11 is 0. The Kier molecular flexibility index (Phi) is 8.52. The van der Waals surface area contributed by atoms with E-state index in [0.29, 0.717) is 68.4 Å². The van der Waals surface area contributed by atoms with Crippen LogP contribution in [0.4, 0.5) is 26.4 Å². The highest BCUT2D eigenvalue weighted by molar-refractivity contribution is 5.79. The van der Waals surface area contributed by atoms with Gasteiger partial charge in [-0.2, -0.15) is 4.98 Å². The van der Waals surface area contributed by atoms with Crippen molar-refractivity contribution in [1.82, 2.24) is 24.4 Å². The number of para-hydroxylation sites is 1. The minimum absolute atomic E-state index is 0.0535. The fourth-order valence-corrected chi connectivity index (χ4v) is 4.85. The summed E-state index contributed by atoms with van der Waals surface area (Å²) in [5.41, 5.74) is 0.819. The van der Waals surface area contributed by atoms with Crippen LogP contribution in [0, 0.1) is 17.6 Å². The molecule has 0 radical (unpaired) electrons. The molecule has 4 rings (SSSR count). The molecule has 1 aromatic carbocycles. The zero-order chi connectivity index (χ0) is 26.5. The minimum atomic E-state index is -0.711. The number of hydrogen-bond acceptors (Lipinski definition) is 7. The number of hydrogen-bond donors (Lipinski definition) is 2. The van der Waals surface area contributed by atoms with Crippen molar-refractivity contribution in [3.63, 3.8) is 0 Å². The smallest absolute Gasteiger partial charge is 0.225 e. The zero-order valence-electron chi connectivity index (χ0n) is 21.8. The van der Waals surface area contributed by atoms with Gasteiger partial charge in [0.15, 0.2) is 5.65 Å². The molecule has 0 atom stereocenters. The number of ether oxygens (including phenoxy) is 1. The molecule has 1 aliphatic carbocycles. The number of imidazole rings is 1. The van der Waals surface area contributed by atoms with Crippen molar-refractivity contribution in [2.24, 2.45) is 5.92 Å². The summed E-state index contributed by atoms with van der Waals surface area (Å²) in [6.45, 7) is 7.66. The van der Waals surface area contributed by atoms with Crippen LogP contribution >= 0.6 is 0 Å². The molecule has 37 heavy (non-hydrogen) atoms. The van der Waals surface area contributed by atoms with E-state index in [9.17, 15) is 13.6 Å². The van der Waals surface area contributed by atoms with Crippen LogP contribution in [0.1, 0.15) is 52.5 Å². The van der Waals surface area contributed by atoms with Gasteiger partial charge in [0.05, 0.1) is 12.8 Å². The van der Waals surface area contributed by atoms with Gasteiger partial charge in [-0.15, -0.1) is 0 Å². The Morgan fingerprint density at radius 3 is 2.51 bits per heavy atom. The third-order valence-electron chi connectivity index (χ3n) is 6.72. The molecule has 2 aromatic heterocycles. The van der Waals surface area contributed by atoms with E-state index in [2.05, 4.69) is 25.6 Å². The number of amides is 1. The van der Waals surface area contributed by atoms with Gasteiger partial charge in [0.2, 0.25) is 17.8 Å². The summed E-state index contributed by atoms with van der Waals surface area (Å²) < 4.78 is 36.0. The van der Waals surface area contributed by atoms with Gasteiger partial charge in [0.1, 0.15) is 22.8 Å². The van der Waals surface area contributed by atoms with E-state index in [1.807, 2.05) is 30.2 Å². The molecule has 0 spiro atoms.